The van der Waals surface area contributed by atoms with Crippen LogP contribution in [-0.2, 0) is 0 Å². The van der Waals surface area contributed by atoms with Gasteiger partial charge in [-0.05, 0) is 62.8 Å². The predicted octanol–water partition coefficient (Wildman–Crippen LogP) is 6.44. The van der Waals surface area contributed by atoms with Gasteiger partial charge in [-0.2, -0.15) is 0 Å². The van der Waals surface area contributed by atoms with Gasteiger partial charge in [-0.3, -0.25) is 9.98 Å². The lowest BCUT2D eigenvalue weighted by molar-refractivity contribution is 0.893. The molecule has 0 aliphatic heterocycles. The molecule has 0 aliphatic carbocycles. The van der Waals surface area contributed by atoms with Crippen LogP contribution in [0.2, 0.25) is 0 Å². The van der Waals surface area contributed by atoms with Crippen LogP contribution in [-0.4, -0.2) is 11.4 Å². The third-order valence-electron chi connectivity index (χ3n) is 4.31. The molecule has 2 rings (SSSR count). The molecule has 2 heteroatoms. The second kappa shape index (κ2) is 7.57. The highest BCUT2D eigenvalue weighted by Crippen LogP contribution is 2.26. The first-order valence-corrected chi connectivity index (χ1v) is 8.58. The van der Waals surface area contributed by atoms with Crippen molar-refractivity contribution in [1.29, 1.82) is 0 Å². The van der Waals surface area contributed by atoms with Crippen LogP contribution >= 0.6 is 0 Å². The summed E-state index contributed by atoms with van der Waals surface area (Å²) in [6.07, 6.45) is 0. The molecule has 0 atom stereocenters. The molecule has 24 heavy (non-hydrogen) atoms. The van der Waals surface area contributed by atoms with Crippen LogP contribution in [0.3, 0.4) is 0 Å². The zero-order valence-corrected chi connectivity index (χ0v) is 15.9. The van der Waals surface area contributed by atoms with Gasteiger partial charge in [0.15, 0.2) is 0 Å². The van der Waals surface area contributed by atoms with Gasteiger partial charge in [0.05, 0.1) is 22.8 Å². The van der Waals surface area contributed by atoms with E-state index in [0.29, 0.717) is 5.92 Å². The molecule has 0 aliphatic rings. The Morgan fingerprint density at radius 2 is 1.08 bits per heavy atom. The van der Waals surface area contributed by atoms with Gasteiger partial charge in [0.25, 0.3) is 0 Å². The molecule has 0 saturated carbocycles. The zero-order chi connectivity index (χ0) is 17.9. The Morgan fingerprint density at radius 1 is 0.708 bits per heavy atom. The molecule has 2 aromatic rings. The smallest absolute Gasteiger partial charge is 0.0692 e. The Kier molecular flexibility index (Phi) is 5.71. The summed E-state index contributed by atoms with van der Waals surface area (Å²) in [5, 5.41) is 0. The second-order valence-corrected chi connectivity index (χ2v) is 6.83. The van der Waals surface area contributed by atoms with Gasteiger partial charge in [-0.1, -0.05) is 50.2 Å². The first-order valence-electron chi connectivity index (χ1n) is 8.58. The molecule has 0 aromatic heterocycles. The lowest BCUT2D eigenvalue weighted by atomic mass is 10.0. The summed E-state index contributed by atoms with van der Waals surface area (Å²) in [4.78, 5) is 9.92. The number of aryl methyl sites for hydroxylation is 4. The average molecular weight is 320 g/mol. The van der Waals surface area contributed by atoms with E-state index >= 15 is 0 Å². The van der Waals surface area contributed by atoms with Crippen molar-refractivity contribution in [3.05, 3.63) is 58.7 Å². The minimum Gasteiger partial charge on any atom is -0.251 e. The highest BCUT2D eigenvalue weighted by atomic mass is 14.8. The molecule has 0 radical (unpaired) electrons. The average Bonchev–Trinajstić information content (AvgIpc) is 2.50. The van der Waals surface area contributed by atoms with Gasteiger partial charge in [0.2, 0.25) is 0 Å². The Labute approximate surface area is 146 Å². The van der Waals surface area contributed by atoms with Crippen molar-refractivity contribution in [2.45, 2.75) is 48.5 Å². The van der Waals surface area contributed by atoms with E-state index in [4.69, 9.17) is 9.98 Å². The van der Waals surface area contributed by atoms with Crippen molar-refractivity contribution in [2.75, 3.05) is 0 Å². The van der Waals surface area contributed by atoms with E-state index in [2.05, 4.69) is 84.9 Å². The molecular weight excluding hydrogens is 292 g/mol. The minimum atomic E-state index is 0.317. The Balaban J connectivity index is 2.55. The van der Waals surface area contributed by atoms with E-state index in [1.807, 2.05) is 0 Å². The van der Waals surface area contributed by atoms with Crippen LogP contribution in [0.4, 0.5) is 11.4 Å². The fraction of sp³-hybridized carbons (Fsp3) is 0.364. The molecule has 2 aromatic carbocycles. The van der Waals surface area contributed by atoms with Crippen LogP contribution in [0.15, 0.2) is 46.4 Å². The van der Waals surface area contributed by atoms with Crippen molar-refractivity contribution in [3.8, 4) is 0 Å². The molecule has 0 fully saturated rings. The summed E-state index contributed by atoms with van der Waals surface area (Å²) in [5.41, 5.74) is 8.97. The summed E-state index contributed by atoms with van der Waals surface area (Å²) >= 11 is 0. The Hall–Kier alpha value is -2.22. The van der Waals surface area contributed by atoms with Gasteiger partial charge >= 0.3 is 0 Å². The van der Waals surface area contributed by atoms with Gasteiger partial charge in [-0.25, -0.2) is 0 Å². The molecule has 0 spiro atoms. The number of hydrogen-bond acceptors (Lipinski definition) is 2. The first kappa shape index (κ1) is 18.1. The number of aliphatic imine (C=N–C) groups is 2. The maximum Gasteiger partial charge on any atom is 0.0692 e. The lowest BCUT2D eigenvalue weighted by Crippen LogP contribution is -2.17. The van der Waals surface area contributed by atoms with Gasteiger partial charge < -0.3 is 0 Å². The van der Waals surface area contributed by atoms with E-state index in [0.717, 1.165) is 22.8 Å². The van der Waals surface area contributed by atoms with Crippen molar-refractivity contribution < 1.29 is 0 Å². The van der Waals surface area contributed by atoms with Crippen LogP contribution in [0.25, 0.3) is 0 Å². The first-order chi connectivity index (χ1) is 11.3. The van der Waals surface area contributed by atoms with E-state index < -0.39 is 0 Å². The molecule has 126 valence electrons. The minimum absolute atomic E-state index is 0.317. The highest BCUT2D eigenvalue weighted by Gasteiger charge is 2.12. The van der Waals surface area contributed by atoms with E-state index in [9.17, 15) is 0 Å². The molecule has 2 nitrogen and oxygen atoms in total. The summed E-state index contributed by atoms with van der Waals surface area (Å²) in [5.74, 6) is 0.317. The SMILES string of the molecule is CC(=Nc1c(C)cccc1C)C(=Nc1c(C)cccc1C)C(C)C. The van der Waals surface area contributed by atoms with Gasteiger partial charge in [-0.15, -0.1) is 0 Å². The van der Waals surface area contributed by atoms with E-state index in [-0.39, 0.29) is 0 Å². The summed E-state index contributed by atoms with van der Waals surface area (Å²) in [6.45, 7) is 14.9. The largest absolute Gasteiger partial charge is 0.251 e. The number of rotatable bonds is 4. The van der Waals surface area contributed by atoms with Crippen LogP contribution in [0.5, 0.6) is 0 Å². The molecule has 0 N–H and O–H groups in total. The summed E-state index contributed by atoms with van der Waals surface area (Å²) in [6, 6.07) is 12.6. The summed E-state index contributed by atoms with van der Waals surface area (Å²) < 4.78 is 0. The van der Waals surface area contributed by atoms with Crippen LogP contribution in [0, 0.1) is 33.6 Å². The van der Waals surface area contributed by atoms with Crippen LogP contribution < -0.4 is 0 Å². The normalized spacial score (nSPS) is 12.8. The van der Waals surface area contributed by atoms with Gasteiger partial charge in [0.1, 0.15) is 0 Å². The molecule has 0 saturated heterocycles. The fourth-order valence-corrected chi connectivity index (χ4v) is 2.94. The molecule has 0 unspecified atom stereocenters. The third kappa shape index (κ3) is 4.00. The van der Waals surface area contributed by atoms with Gasteiger partial charge in [0, 0.05) is 0 Å². The molecule has 0 bridgehead atoms. The lowest BCUT2D eigenvalue weighted by Gasteiger charge is -2.14. The number of nitrogens with zero attached hydrogens (tertiary/aromatic N) is 2. The second-order valence-electron chi connectivity index (χ2n) is 6.83. The van der Waals surface area contributed by atoms with Crippen molar-refractivity contribution >= 4 is 22.8 Å². The summed E-state index contributed by atoms with van der Waals surface area (Å²) in [7, 11) is 0. The maximum atomic E-state index is 5.00. The number of benzene rings is 2. The van der Waals surface area contributed by atoms with E-state index in [1.165, 1.54) is 22.3 Å². The molecule has 0 heterocycles. The monoisotopic (exact) mass is 320 g/mol. The van der Waals surface area contributed by atoms with Crippen molar-refractivity contribution in [1.82, 2.24) is 0 Å². The molecule has 0 amide bonds. The van der Waals surface area contributed by atoms with Crippen molar-refractivity contribution in [2.24, 2.45) is 15.9 Å². The molecular formula is C22H28N2. The van der Waals surface area contributed by atoms with Crippen molar-refractivity contribution in [3.63, 3.8) is 0 Å². The predicted molar refractivity (Wildman–Crippen MR) is 107 cm³/mol. The van der Waals surface area contributed by atoms with Crippen LogP contribution in [0.1, 0.15) is 43.0 Å². The quantitative estimate of drug-likeness (QED) is 0.579. The fourth-order valence-electron chi connectivity index (χ4n) is 2.94. The zero-order valence-electron chi connectivity index (χ0n) is 15.9. The topological polar surface area (TPSA) is 24.7 Å². The Morgan fingerprint density at radius 3 is 1.46 bits per heavy atom. The Bertz CT molecular complexity index is 755. The standard InChI is InChI=1S/C22H28N2/c1-14(2)20(24-22-17(5)12-9-13-18(22)6)19(7)23-21-15(3)10-8-11-16(21)4/h8-14H,1-7H3. The number of para-hydroxylation sites is 2. The highest BCUT2D eigenvalue weighted by molar-refractivity contribution is 6.43. The number of hydrogen-bond donors (Lipinski definition) is 0. The maximum absolute atomic E-state index is 5.00. The third-order valence-corrected chi connectivity index (χ3v) is 4.31. The van der Waals surface area contributed by atoms with E-state index in [1.54, 1.807) is 0 Å².